The lowest BCUT2D eigenvalue weighted by Crippen LogP contribution is -2.29. The number of hydrogen-bond donors (Lipinski definition) is 1. The number of pyridine rings is 2. The maximum atomic E-state index is 12.2. The van der Waals surface area contributed by atoms with E-state index in [0.717, 1.165) is 24.5 Å². The molecule has 114 valence electrons. The summed E-state index contributed by atoms with van der Waals surface area (Å²) in [6, 6.07) is 7.34. The molecule has 5 nitrogen and oxygen atoms in total. The van der Waals surface area contributed by atoms with Gasteiger partial charge < -0.3 is 10.2 Å². The Morgan fingerprint density at radius 1 is 1.14 bits per heavy atom. The van der Waals surface area contributed by atoms with Crippen LogP contribution in [-0.4, -0.2) is 29.0 Å². The molecule has 1 aliphatic heterocycles. The number of anilines is 2. The van der Waals surface area contributed by atoms with Gasteiger partial charge in [0.1, 0.15) is 5.82 Å². The fourth-order valence-electron chi connectivity index (χ4n) is 2.67. The second-order valence-electron chi connectivity index (χ2n) is 5.59. The Morgan fingerprint density at radius 3 is 2.64 bits per heavy atom. The molecule has 0 unspecified atom stereocenters. The molecule has 22 heavy (non-hydrogen) atoms. The van der Waals surface area contributed by atoms with Gasteiger partial charge in [-0.2, -0.15) is 0 Å². The predicted octanol–water partition coefficient (Wildman–Crippen LogP) is 3.03. The normalized spacial score (nSPS) is 14.7. The van der Waals surface area contributed by atoms with Crippen LogP contribution in [-0.2, 0) is 0 Å². The van der Waals surface area contributed by atoms with Crippen LogP contribution in [0.25, 0.3) is 0 Å². The highest BCUT2D eigenvalue weighted by atomic mass is 16.1. The minimum Gasteiger partial charge on any atom is -0.370 e. The van der Waals surface area contributed by atoms with Crippen LogP contribution in [0.4, 0.5) is 11.5 Å². The van der Waals surface area contributed by atoms with Crippen LogP contribution in [0.1, 0.15) is 35.3 Å². The molecule has 5 heteroatoms. The van der Waals surface area contributed by atoms with Crippen molar-refractivity contribution in [2.24, 2.45) is 0 Å². The van der Waals surface area contributed by atoms with E-state index in [1.165, 1.54) is 19.3 Å². The van der Waals surface area contributed by atoms with Gasteiger partial charge in [0, 0.05) is 30.5 Å². The quantitative estimate of drug-likeness (QED) is 0.946. The molecular weight excluding hydrogens is 276 g/mol. The van der Waals surface area contributed by atoms with Crippen LogP contribution in [0.3, 0.4) is 0 Å². The minimum atomic E-state index is -0.163. The second-order valence-corrected chi connectivity index (χ2v) is 5.59. The third-order valence-electron chi connectivity index (χ3n) is 3.87. The number of aromatic nitrogens is 2. The predicted molar refractivity (Wildman–Crippen MR) is 87.2 cm³/mol. The second kappa shape index (κ2) is 6.56. The van der Waals surface area contributed by atoms with Gasteiger partial charge >= 0.3 is 0 Å². The summed E-state index contributed by atoms with van der Waals surface area (Å²) in [5, 5.41) is 2.82. The number of nitrogens with zero attached hydrogens (tertiary/aromatic N) is 3. The largest absolute Gasteiger partial charge is 0.370 e. The van der Waals surface area contributed by atoms with Gasteiger partial charge in [-0.05, 0) is 50.5 Å². The van der Waals surface area contributed by atoms with Crippen molar-refractivity contribution in [2.75, 3.05) is 23.3 Å². The minimum absolute atomic E-state index is 0.163. The first-order valence-corrected chi connectivity index (χ1v) is 7.67. The summed E-state index contributed by atoms with van der Waals surface area (Å²) in [5.74, 6) is 0.406. The number of rotatable bonds is 3. The lowest BCUT2D eigenvalue weighted by Gasteiger charge is -2.28. The van der Waals surface area contributed by atoms with E-state index in [1.54, 1.807) is 18.3 Å². The van der Waals surface area contributed by atoms with E-state index in [0.29, 0.717) is 11.4 Å². The van der Waals surface area contributed by atoms with Crippen molar-refractivity contribution in [2.45, 2.75) is 26.2 Å². The molecule has 0 atom stereocenters. The molecule has 1 amide bonds. The average molecular weight is 296 g/mol. The maximum absolute atomic E-state index is 12.2. The molecule has 2 aromatic rings. The van der Waals surface area contributed by atoms with Crippen molar-refractivity contribution in [3.63, 3.8) is 0 Å². The molecule has 0 spiro atoms. The highest BCUT2D eigenvalue weighted by molar-refractivity contribution is 6.03. The standard InChI is InChI=1S/C17H20N4O/c1-13-11-14(7-8-18-13)17(22)20-16-6-5-15(12-19-16)21-9-3-2-4-10-21/h5-8,11-12H,2-4,9-10H2,1H3,(H,19,20,22). The van der Waals surface area contributed by atoms with Crippen molar-refractivity contribution in [3.05, 3.63) is 47.9 Å². The Bertz CT molecular complexity index is 648. The molecule has 0 aliphatic carbocycles. The van der Waals surface area contributed by atoms with E-state index in [4.69, 9.17) is 0 Å². The van der Waals surface area contributed by atoms with E-state index in [9.17, 15) is 4.79 Å². The highest BCUT2D eigenvalue weighted by Crippen LogP contribution is 2.20. The summed E-state index contributed by atoms with van der Waals surface area (Å²) in [7, 11) is 0. The van der Waals surface area contributed by atoms with Crippen molar-refractivity contribution >= 4 is 17.4 Å². The number of nitrogens with one attached hydrogen (secondary N) is 1. The van der Waals surface area contributed by atoms with Gasteiger partial charge in [-0.1, -0.05) is 0 Å². The molecule has 1 aliphatic rings. The number of carbonyl (C=O) groups is 1. The van der Waals surface area contributed by atoms with Gasteiger partial charge in [-0.15, -0.1) is 0 Å². The Kier molecular flexibility index (Phi) is 4.32. The lowest BCUT2D eigenvalue weighted by atomic mass is 10.1. The molecule has 0 aromatic carbocycles. The first-order valence-electron chi connectivity index (χ1n) is 7.67. The first kappa shape index (κ1) is 14.5. The van der Waals surface area contributed by atoms with Crippen LogP contribution in [0.5, 0.6) is 0 Å². The topological polar surface area (TPSA) is 58.1 Å². The number of hydrogen-bond acceptors (Lipinski definition) is 4. The number of carbonyl (C=O) groups excluding carboxylic acids is 1. The van der Waals surface area contributed by atoms with Crippen molar-refractivity contribution in [1.82, 2.24) is 9.97 Å². The van der Waals surface area contributed by atoms with Crippen LogP contribution >= 0.6 is 0 Å². The van der Waals surface area contributed by atoms with E-state index in [2.05, 4.69) is 20.2 Å². The zero-order valence-electron chi connectivity index (χ0n) is 12.7. The lowest BCUT2D eigenvalue weighted by molar-refractivity contribution is 0.102. The zero-order valence-corrected chi connectivity index (χ0v) is 12.7. The van der Waals surface area contributed by atoms with Gasteiger partial charge in [0.25, 0.3) is 5.91 Å². The molecule has 1 saturated heterocycles. The monoisotopic (exact) mass is 296 g/mol. The smallest absolute Gasteiger partial charge is 0.256 e. The van der Waals surface area contributed by atoms with Gasteiger partial charge in [0.15, 0.2) is 0 Å². The van der Waals surface area contributed by atoms with Crippen LogP contribution in [0.2, 0.25) is 0 Å². The van der Waals surface area contributed by atoms with E-state index < -0.39 is 0 Å². The van der Waals surface area contributed by atoms with Crippen LogP contribution < -0.4 is 10.2 Å². The summed E-state index contributed by atoms with van der Waals surface area (Å²) < 4.78 is 0. The summed E-state index contributed by atoms with van der Waals surface area (Å²) in [6.07, 6.45) is 7.25. The third-order valence-corrected chi connectivity index (χ3v) is 3.87. The molecule has 2 aromatic heterocycles. The van der Waals surface area contributed by atoms with Gasteiger partial charge in [0.05, 0.1) is 11.9 Å². The van der Waals surface area contributed by atoms with Crippen LogP contribution in [0.15, 0.2) is 36.7 Å². The van der Waals surface area contributed by atoms with Gasteiger partial charge in [0.2, 0.25) is 0 Å². The van der Waals surface area contributed by atoms with Crippen LogP contribution in [0, 0.1) is 6.92 Å². The molecule has 1 fully saturated rings. The van der Waals surface area contributed by atoms with E-state index in [1.807, 2.05) is 25.3 Å². The Labute approximate surface area is 130 Å². The van der Waals surface area contributed by atoms with Crippen molar-refractivity contribution in [3.8, 4) is 0 Å². The zero-order chi connectivity index (χ0) is 15.4. The third kappa shape index (κ3) is 3.42. The molecule has 3 heterocycles. The average Bonchev–Trinajstić information content (AvgIpc) is 2.56. The summed E-state index contributed by atoms with van der Waals surface area (Å²) in [6.45, 7) is 4.04. The van der Waals surface area contributed by atoms with E-state index in [-0.39, 0.29) is 5.91 Å². The highest BCUT2D eigenvalue weighted by Gasteiger charge is 2.12. The Morgan fingerprint density at radius 2 is 1.95 bits per heavy atom. The Balaban J connectivity index is 1.66. The molecule has 0 radical (unpaired) electrons. The summed E-state index contributed by atoms with van der Waals surface area (Å²) in [4.78, 5) is 22.9. The maximum Gasteiger partial charge on any atom is 0.256 e. The molecular formula is C17H20N4O. The molecule has 0 bridgehead atoms. The fraction of sp³-hybridized carbons (Fsp3) is 0.353. The number of piperidine rings is 1. The number of aryl methyl sites for hydroxylation is 1. The molecule has 3 rings (SSSR count). The fourth-order valence-corrected chi connectivity index (χ4v) is 2.67. The van der Waals surface area contributed by atoms with Gasteiger partial charge in [-0.25, -0.2) is 4.98 Å². The Hall–Kier alpha value is -2.43. The molecule has 0 saturated carbocycles. The summed E-state index contributed by atoms with van der Waals surface area (Å²) in [5.41, 5.74) is 2.54. The van der Waals surface area contributed by atoms with Crippen molar-refractivity contribution < 1.29 is 4.79 Å². The SMILES string of the molecule is Cc1cc(C(=O)Nc2ccc(N3CCCCC3)cn2)ccn1. The number of amides is 1. The van der Waals surface area contributed by atoms with Crippen molar-refractivity contribution in [1.29, 1.82) is 0 Å². The van der Waals surface area contributed by atoms with E-state index >= 15 is 0 Å². The first-order chi connectivity index (χ1) is 10.7. The van der Waals surface area contributed by atoms with Gasteiger partial charge in [-0.3, -0.25) is 9.78 Å². The molecule has 1 N–H and O–H groups in total. The summed E-state index contributed by atoms with van der Waals surface area (Å²) >= 11 is 0.